The Hall–Kier alpha value is -3.15. The van der Waals surface area contributed by atoms with Gasteiger partial charge in [0.05, 0.1) is 18.4 Å². The molecule has 0 saturated heterocycles. The highest BCUT2D eigenvalue weighted by Gasteiger charge is 2.24. The zero-order chi connectivity index (χ0) is 19.8. The molecule has 0 atom stereocenters. The first-order valence-electron chi connectivity index (χ1n) is 8.79. The van der Waals surface area contributed by atoms with E-state index in [0.29, 0.717) is 30.2 Å². The van der Waals surface area contributed by atoms with Gasteiger partial charge in [0.2, 0.25) is 0 Å². The summed E-state index contributed by atoms with van der Waals surface area (Å²) in [7, 11) is 1.67. The fourth-order valence-corrected chi connectivity index (χ4v) is 4.63. The van der Waals surface area contributed by atoms with Gasteiger partial charge in [-0.2, -0.15) is 10.4 Å². The molecule has 0 bridgehead atoms. The maximum absolute atomic E-state index is 9.78. The normalized spacial score (nSPS) is 11.2. The van der Waals surface area contributed by atoms with E-state index < -0.39 is 0 Å². The van der Waals surface area contributed by atoms with Gasteiger partial charge in [0.25, 0.3) is 0 Å². The van der Waals surface area contributed by atoms with Crippen LogP contribution in [0.4, 0.5) is 5.82 Å². The average molecular weight is 393 g/mol. The van der Waals surface area contributed by atoms with E-state index in [1.54, 1.807) is 23.0 Å². The third-order valence-electron chi connectivity index (χ3n) is 4.60. The molecule has 3 heterocycles. The Kier molecular flexibility index (Phi) is 4.63. The summed E-state index contributed by atoms with van der Waals surface area (Å²) in [5, 5.41) is 15.1. The van der Waals surface area contributed by atoms with Crippen LogP contribution >= 0.6 is 11.3 Å². The summed E-state index contributed by atoms with van der Waals surface area (Å²) in [6, 6.07) is 8.47. The number of nitrogen functional groups attached to an aromatic ring is 1. The predicted octanol–water partition coefficient (Wildman–Crippen LogP) is 3.92. The number of fused-ring (bicyclic) bond motifs is 2. The molecule has 8 heteroatoms. The number of nitriles is 1. The molecule has 28 heavy (non-hydrogen) atoms. The Balaban J connectivity index is 2.08. The Labute approximate surface area is 165 Å². The number of hydrogen-bond acceptors (Lipinski definition) is 7. The molecule has 4 aromatic rings. The van der Waals surface area contributed by atoms with Crippen LogP contribution in [0.1, 0.15) is 23.7 Å². The number of ether oxygens (including phenoxy) is 2. The van der Waals surface area contributed by atoms with Gasteiger partial charge in [0, 0.05) is 22.6 Å². The molecule has 142 valence electrons. The highest BCUT2D eigenvalue weighted by atomic mass is 32.1. The van der Waals surface area contributed by atoms with E-state index in [9.17, 15) is 5.26 Å². The molecule has 0 fully saturated rings. The van der Waals surface area contributed by atoms with Crippen LogP contribution in [0, 0.1) is 18.3 Å². The maximum atomic E-state index is 9.78. The van der Waals surface area contributed by atoms with Crippen molar-refractivity contribution in [3.8, 4) is 22.3 Å². The quantitative estimate of drug-likeness (QED) is 0.552. The third kappa shape index (κ3) is 2.76. The van der Waals surface area contributed by atoms with Gasteiger partial charge in [-0.05, 0) is 36.9 Å². The molecule has 0 aliphatic carbocycles. The summed E-state index contributed by atoms with van der Waals surface area (Å²) in [6.07, 6.45) is 1.36. The first-order chi connectivity index (χ1) is 13.6. The van der Waals surface area contributed by atoms with Gasteiger partial charge in [-0.3, -0.25) is 0 Å². The second-order valence-electron chi connectivity index (χ2n) is 6.35. The van der Waals surface area contributed by atoms with E-state index in [1.165, 1.54) is 6.33 Å². The standard InChI is InChI=1S/C20H19N5O2S/c1-4-27-9-13-14(8-21)25-18(20(22)23-10-24-25)17(13)16-7-12-5-11(2)6-15(26-3)19(12)28-16/h5-7,10H,4,9H2,1-3H3,(H2,22,23,24). The van der Waals surface area contributed by atoms with Crippen LogP contribution in [0.15, 0.2) is 24.5 Å². The van der Waals surface area contributed by atoms with Crippen molar-refractivity contribution in [2.75, 3.05) is 19.5 Å². The van der Waals surface area contributed by atoms with Crippen LogP contribution in [0.25, 0.3) is 26.0 Å². The van der Waals surface area contributed by atoms with Gasteiger partial charge < -0.3 is 15.2 Å². The number of nitrogens with zero attached hydrogens (tertiary/aromatic N) is 4. The predicted molar refractivity (Wildman–Crippen MR) is 110 cm³/mol. The molecule has 3 aromatic heterocycles. The van der Waals surface area contributed by atoms with Crippen molar-refractivity contribution >= 4 is 32.8 Å². The van der Waals surface area contributed by atoms with Crippen molar-refractivity contribution in [3.05, 3.63) is 41.3 Å². The number of aryl methyl sites for hydroxylation is 1. The van der Waals surface area contributed by atoms with Crippen molar-refractivity contribution in [3.63, 3.8) is 0 Å². The first-order valence-corrected chi connectivity index (χ1v) is 9.61. The van der Waals surface area contributed by atoms with Crippen molar-refractivity contribution in [1.82, 2.24) is 14.6 Å². The highest BCUT2D eigenvalue weighted by molar-refractivity contribution is 7.22. The molecule has 0 saturated carbocycles. The summed E-state index contributed by atoms with van der Waals surface area (Å²) < 4.78 is 13.8. The Bertz CT molecular complexity index is 1240. The molecule has 1 aromatic carbocycles. The van der Waals surface area contributed by atoms with Crippen LogP contribution in [-0.4, -0.2) is 28.3 Å². The van der Waals surface area contributed by atoms with E-state index in [2.05, 4.69) is 28.3 Å². The molecule has 4 rings (SSSR count). The maximum Gasteiger partial charge on any atom is 0.152 e. The molecule has 0 unspecified atom stereocenters. The molecule has 7 nitrogen and oxygen atoms in total. The SMILES string of the molecule is CCOCc1c(-c2cc3cc(C)cc(OC)c3s2)c2c(N)ncnn2c1C#N. The third-order valence-corrected chi connectivity index (χ3v) is 5.79. The largest absolute Gasteiger partial charge is 0.495 e. The Morgan fingerprint density at radius 2 is 2.14 bits per heavy atom. The number of aromatic nitrogens is 3. The van der Waals surface area contributed by atoms with Gasteiger partial charge in [-0.1, -0.05) is 6.07 Å². The average Bonchev–Trinajstić information content (AvgIpc) is 3.24. The number of rotatable bonds is 5. The first kappa shape index (κ1) is 18.2. The molecule has 0 spiro atoms. The number of benzene rings is 1. The minimum atomic E-state index is 0.294. The Morgan fingerprint density at radius 3 is 2.86 bits per heavy atom. The Morgan fingerprint density at radius 1 is 1.32 bits per heavy atom. The van der Waals surface area contributed by atoms with Crippen LogP contribution in [0.5, 0.6) is 5.75 Å². The van der Waals surface area contributed by atoms with Crippen LogP contribution < -0.4 is 10.5 Å². The monoisotopic (exact) mass is 393 g/mol. The second-order valence-corrected chi connectivity index (χ2v) is 7.41. The van der Waals surface area contributed by atoms with Gasteiger partial charge in [-0.15, -0.1) is 11.3 Å². The summed E-state index contributed by atoms with van der Waals surface area (Å²) in [6.45, 7) is 4.79. The lowest BCUT2D eigenvalue weighted by atomic mass is 10.1. The molecule has 0 aliphatic rings. The summed E-state index contributed by atoms with van der Waals surface area (Å²) in [5.74, 6) is 1.15. The lowest BCUT2D eigenvalue weighted by molar-refractivity contribution is 0.134. The van der Waals surface area contributed by atoms with Crippen molar-refractivity contribution in [1.29, 1.82) is 5.26 Å². The smallest absolute Gasteiger partial charge is 0.152 e. The minimum Gasteiger partial charge on any atom is -0.495 e. The number of anilines is 1. The van der Waals surface area contributed by atoms with Crippen molar-refractivity contribution < 1.29 is 9.47 Å². The van der Waals surface area contributed by atoms with Crippen LogP contribution in [0.3, 0.4) is 0 Å². The molecule has 0 radical (unpaired) electrons. The number of nitrogens with two attached hydrogens (primary N) is 1. The van der Waals surface area contributed by atoms with E-state index in [4.69, 9.17) is 15.2 Å². The van der Waals surface area contributed by atoms with Crippen molar-refractivity contribution in [2.24, 2.45) is 0 Å². The van der Waals surface area contributed by atoms with Crippen LogP contribution in [-0.2, 0) is 11.3 Å². The second kappa shape index (κ2) is 7.11. The van der Waals surface area contributed by atoms with Crippen molar-refractivity contribution in [2.45, 2.75) is 20.5 Å². The molecular weight excluding hydrogens is 374 g/mol. The number of methoxy groups -OCH3 is 1. The van der Waals surface area contributed by atoms with Gasteiger partial charge >= 0.3 is 0 Å². The van der Waals surface area contributed by atoms with E-state index in [-0.39, 0.29) is 0 Å². The van der Waals surface area contributed by atoms with E-state index in [0.717, 1.165) is 37.4 Å². The lowest BCUT2D eigenvalue weighted by Gasteiger charge is -2.04. The zero-order valence-electron chi connectivity index (χ0n) is 15.8. The van der Waals surface area contributed by atoms with Gasteiger partial charge in [0.15, 0.2) is 5.82 Å². The topological polar surface area (TPSA) is 98.5 Å². The number of hydrogen-bond donors (Lipinski definition) is 1. The summed E-state index contributed by atoms with van der Waals surface area (Å²) in [5.41, 5.74) is 9.94. The highest BCUT2D eigenvalue weighted by Crippen LogP contribution is 2.44. The lowest BCUT2D eigenvalue weighted by Crippen LogP contribution is -2.01. The molecule has 0 aliphatic heterocycles. The number of thiophene rings is 1. The van der Waals surface area contributed by atoms with Gasteiger partial charge in [0.1, 0.15) is 29.4 Å². The molecule has 0 amide bonds. The van der Waals surface area contributed by atoms with E-state index in [1.807, 2.05) is 19.9 Å². The minimum absolute atomic E-state index is 0.294. The summed E-state index contributed by atoms with van der Waals surface area (Å²) in [4.78, 5) is 5.11. The summed E-state index contributed by atoms with van der Waals surface area (Å²) >= 11 is 1.59. The van der Waals surface area contributed by atoms with E-state index >= 15 is 0 Å². The van der Waals surface area contributed by atoms with Gasteiger partial charge in [-0.25, -0.2) is 9.50 Å². The van der Waals surface area contributed by atoms with Crippen LogP contribution in [0.2, 0.25) is 0 Å². The molecule has 2 N–H and O–H groups in total. The molecular formula is C20H19N5O2S. The fraction of sp³-hybridized carbons (Fsp3) is 0.250. The zero-order valence-corrected chi connectivity index (χ0v) is 16.6. The fourth-order valence-electron chi connectivity index (χ4n) is 3.42.